The molecule has 0 saturated heterocycles. The third-order valence-corrected chi connectivity index (χ3v) is 2.13. The van der Waals surface area contributed by atoms with Gasteiger partial charge in [-0.05, 0) is 19.1 Å². The average Bonchev–Trinajstić information content (AvgIpc) is 2.36. The van der Waals surface area contributed by atoms with Crippen LogP contribution < -0.4 is 9.47 Å². The van der Waals surface area contributed by atoms with Gasteiger partial charge in [0.05, 0.1) is 6.61 Å². The first-order chi connectivity index (χ1) is 8.31. The summed E-state index contributed by atoms with van der Waals surface area (Å²) < 4.78 is 15.4. The highest BCUT2D eigenvalue weighted by Crippen LogP contribution is 2.34. The number of carbonyl (C=O) groups is 1. The van der Waals surface area contributed by atoms with Gasteiger partial charge in [0.2, 0.25) is 0 Å². The summed E-state index contributed by atoms with van der Waals surface area (Å²) >= 11 is 0. The number of rotatable bonds is 3. The van der Waals surface area contributed by atoms with Gasteiger partial charge in [0.1, 0.15) is 12.5 Å². The van der Waals surface area contributed by atoms with Crippen LogP contribution in [0.2, 0.25) is 0 Å². The smallest absolute Gasteiger partial charge is 0.330 e. The van der Waals surface area contributed by atoms with Crippen molar-refractivity contribution in [3.63, 3.8) is 0 Å². The fourth-order valence-electron chi connectivity index (χ4n) is 1.43. The van der Waals surface area contributed by atoms with E-state index < -0.39 is 0 Å². The lowest BCUT2D eigenvalue weighted by Crippen LogP contribution is -2.00. The summed E-state index contributed by atoms with van der Waals surface area (Å²) in [6, 6.07) is 5.45. The van der Waals surface area contributed by atoms with E-state index in [1.165, 1.54) is 18.6 Å². The third-order valence-electron chi connectivity index (χ3n) is 2.13. The molecule has 4 nitrogen and oxygen atoms in total. The zero-order chi connectivity index (χ0) is 12.1. The molecule has 88 valence electrons. The summed E-state index contributed by atoms with van der Waals surface area (Å²) in [5, 5.41) is 0. The van der Waals surface area contributed by atoms with E-state index in [1.54, 1.807) is 19.1 Å². The Kier molecular flexibility index (Phi) is 3.45. The number of hydrogen-bond acceptors (Lipinski definition) is 4. The van der Waals surface area contributed by atoms with Crippen LogP contribution in [0, 0.1) is 0 Å². The minimum absolute atomic E-state index is 0.360. The lowest BCUT2D eigenvalue weighted by Gasteiger charge is -2.13. The normalized spacial score (nSPS) is 12.8. The second kappa shape index (κ2) is 5.21. The fourth-order valence-corrected chi connectivity index (χ4v) is 1.43. The molecule has 0 aliphatic carbocycles. The Morgan fingerprint density at radius 1 is 1.35 bits per heavy atom. The Morgan fingerprint density at radius 2 is 2.18 bits per heavy atom. The molecule has 0 fully saturated rings. The van der Waals surface area contributed by atoms with Gasteiger partial charge >= 0.3 is 5.97 Å². The van der Waals surface area contributed by atoms with Crippen LogP contribution in [-0.2, 0) is 9.53 Å². The minimum atomic E-state index is -0.377. The Bertz CT molecular complexity index is 474. The Hall–Kier alpha value is -2.23. The highest BCUT2D eigenvalue weighted by atomic mass is 16.5. The van der Waals surface area contributed by atoms with Crippen LogP contribution in [-0.4, -0.2) is 12.6 Å². The Morgan fingerprint density at radius 3 is 3.00 bits per heavy atom. The summed E-state index contributed by atoms with van der Waals surface area (Å²) in [6.07, 6.45) is 5.91. The van der Waals surface area contributed by atoms with Crippen molar-refractivity contribution in [2.24, 2.45) is 0 Å². The number of esters is 1. The third kappa shape index (κ3) is 2.66. The van der Waals surface area contributed by atoms with E-state index in [1.807, 2.05) is 12.1 Å². The van der Waals surface area contributed by atoms with Crippen molar-refractivity contribution in [2.45, 2.75) is 6.92 Å². The molecular formula is C13H12O4. The van der Waals surface area contributed by atoms with Crippen molar-refractivity contribution in [1.29, 1.82) is 0 Å². The van der Waals surface area contributed by atoms with E-state index in [0.717, 1.165) is 5.56 Å². The molecule has 1 aliphatic rings. The summed E-state index contributed by atoms with van der Waals surface area (Å²) in [7, 11) is 0. The summed E-state index contributed by atoms with van der Waals surface area (Å²) in [6.45, 7) is 2.12. The van der Waals surface area contributed by atoms with Gasteiger partial charge in [-0.3, -0.25) is 0 Å². The topological polar surface area (TPSA) is 44.8 Å². The summed E-state index contributed by atoms with van der Waals surface area (Å²) in [5.74, 6) is 0.839. The molecule has 0 atom stereocenters. The summed E-state index contributed by atoms with van der Waals surface area (Å²) in [5.41, 5.74) is 0.764. The molecule has 4 heteroatoms. The molecule has 0 radical (unpaired) electrons. The first kappa shape index (κ1) is 11.3. The largest absolute Gasteiger partial charge is 0.463 e. The van der Waals surface area contributed by atoms with Gasteiger partial charge in [0, 0.05) is 11.6 Å². The lowest BCUT2D eigenvalue weighted by molar-refractivity contribution is -0.137. The predicted molar refractivity (Wildman–Crippen MR) is 62.5 cm³/mol. The number of fused-ring (bicyclic) bond motifs is 1. The van der Waals surface area contributed by atoms with Crippen molar-refractivity contribution in [3.8, 4) is 11.5 Å². The molecule has 0 N–H and O–H groups in total. The zero-order valence-corrected chi connectivity index (χ0v) is 9.38. The van der Waals surface area contributed by atoms with Gasteiger partial charge in [-0.2, -0.15) is 0 Å². The number of benzene rings is 1. The van der Waals surface area contributed by atoms with E-state index >= 15 is 0 Å². The SMILES string of the molecule is CCOC(=O)/C=C/c1cccc2c1OC=CO2. The monoisotopic (exact) mass is 232 g/mol. The highest BCUT2D eigenvalue weighted by molar-refractivity contribution is 5.87. The molecular weight excluding hydrogens is 220 g/mol. The maximum atomic E-state index is 11.2. The second-order valence-corrected chi connectivity index (χ2v) is 3.27. The number of ether oxygens (including phenoxy) is 3. The van der Waals surface area contributed by atoms with Crippen LogP contribution in [0.4, 0.5) is 0 Å². The fraction of sp³-hybridized carbons (Fsp3) is 0.154. The standard InChI is InChI=1S/C13H12O4/c1-2-15-12(14)7-6-10-4-3-5-11-13(10)17-9-8-16-11/h3-9H,2H2,1H3/b7-6+. The van der Waals surface area contributed by atoms with Gasteiger partial charge < -0.3 is 14.2 Å². The highest BCUT2D eigenvalue weighted by Gasteiger charge is 2.11. The Balaban J connectivity index is 2.20. The molecule has 1 aliphatic heterocycles. The molecule has 1 aromatic rings. The van der Waals surface area contributed by atoms with Gasteiger partial charge in [0.25, 0.3) is 0 Å². The number of carbonyl (C=O) groups excluding carboxylic acids is 1. The first-order valence-corrected chi connectivity index (χ1v) is 5.27. The van der Waals surface area contributed by atoms with E-state index in [9.17, 15) is 4.79 Å². The Labute approximate surface area is 99.1 Å². The summed E-state index contributed by atoms with van der Waals surface area (Å²) in [4.78, 5) is 11.2. The first-order valence-electron chi connectivity index (χ1n) is 5.27. The minimum Gasteiger partial charge on any atom is -0.463 e. The molecule has 17 heavy (non-hydrogen) atoms. The number of para-hydroxylation sites is 1. The van der Waals surface area contributed by atoms with Gasteiger partial charge in [-0.1, -0.05) is 12.1 Å². The van der Waals surface area contributed by atoms with Crippen LogP contribution in [0.5, 0.6) is 11.5 Å². The molecule has 0 bridgehead atoms. The van der Waals surface area contributed by atoms with Gasteiger partial charge in [-0.25, -0.2) is 4.79 Å². The van der Waals surface area contributed by atoms with Gasteiger partial charge in [-0.15, -0.1) is 0 Å². The van der Waals surface area contributed by atoms with E-state index in [-0.39, 0.29) is 5.97 Å². The molecule has 1 heterocycles. The van der Waals surface area contributed by atoms with Gasteiger partial charge in [0.15, 0.2) is 11.5 Å². The van der Waals surface area contributed by atoms with Crippen molar-refractivity contribution in [1.82, 2.24) is 0 Å². The van der Waals surface area contributed by atoms with E-state index in [4.69, 9.17) is 14.2 Å². The van der Waals surface area contributed by atoms with Crippen molar-refractivity contribution in [3.05, 3.63) is 42.4 Å². The maximum Gasteiger partial charge on any atom is 0.330 e. The molecule has 0 aromatic heterocycles. The molecule has 1 aromatic carbocycles. The second-order valence-electron chi connectivity index (χ2n) is 3.27. The van der Waals surface area contributed by atoms with Crippen molar-refractivity contribution >= 4 is 12.0 Å². The van der Waals surface area contributed by atoms with E-state index in [0.29, 0.717) is 18.1 Å². The molecule has 0 saturated carbocycles. The van der Waals surface area contributed by atoms with Crippen LogP contribution in [0.3, 0.4) is 0 Å². The number of hydrogen-bond donors (Lipinski definition) is 0. The molecule has 0 spiro atoms. The molecule has 2 rings (SSSR count). The van der Waals surface area contributed by atoms with Crippen LogP contribution in [0.1, 0.15) is 12.5 Å². The van der Waals surface area contributed by atoms with E-state index in [2.05, 4.69) is 0 Å². The van der Waals surface area contributed by atoms with Crippen molar-refractivity contribution in [2.75, 3.05) is 6.61 Å². The van der Waals surface area contributed by atoms with Crippen LogP contribution >= 0.6 is 0 Å². The van der Waals surface area contributed by atoms with Crippen LogP contribution in [0.15, 0.2) is 36.8 Å². The average molecular weight is 232 g/mol. The quantitative estimate of drug-likeness (QED) is 0.593. The van der Waals surface area contributed by atoms with Crippen molar-refractivity contribution < 1.29 is 19.0 Å². The zero-order valence-electron chi connectivity index (χ0n) is 9.38. The molecule has 0 unspecified atom stereocenters. The van der Waals surface area contributed by atoms with Crippen LogP contribution in [0.25, 0.3) is 6.08 Å². The lowest BCUT2D eigenvalue weighted by atomic mass is 10.1. The predicted octanol–water partition coefficient (Wildman–Crippen LogP) is 2.51. The molecule has 0 amide bonds. The maximum absolute atomic E-state index is 11.2.